The number of nitro benzene ring substituents is 1. The maximum Gasteiger partial charge on any atom is 0.294 e. The molecule has 0 radical (unpaired) electrons. The topological polar surface area (TPSA) is 66.7 Å². The highest BCUT2D eigenvalue weighted by molar-refractivity contribution is 9.11. The van der Waals surface area contributed by atoms with Gasteiger partial charge in [0, 0.05) is 42.6 Å². The SMILES string of the molecule is O=C(c1csc(Br)c1)N1CCN(c2ccc(Cl)cc2[N+](=O)[O-])CC1. The summed E-state index contributed by atoms with van der Waals surface area (Å²) in [5, 5.41) is 13.4. The molecule has 0 atom stereocenters. The monoisotopic (exact) mass is 429 g/mol. The number of nitrogens with zero attached hydrogens (tertiary/aromatic N) is 3. The van der Waals surface area contributed by atoms with Crippen LogP contribution >= 0.6 is 38.9 Å². The van der Waals surface area contributed by atoms with E-state index in [2.05, 4.69) is 15.9 Å². The summed E-state index contributed by atoms with van der Waals surface area (Å²) < 4.78 is 0.918. The summed E-state index contributed by atoms with van der Waals surface area (Å²) in [6.45, 7) is 2.12. The summed E-state index contributed by atoms with van der Waals surface area (Å²) in [6.07, 6.45) is 0. The van der Waals surface area contributed by atoms with Crippen LogP contribution in [-0.2, 0) is 0 Å². The van der Waals surface area contributed by atoms with Crippen LogP contribution in [0.4, 0.5) is 11.4 Å². The predicted octanol–water partition coefficient (Wildman–Crippen LogP) is 4.03. The molecule has 1 fully saturated rings. The first kappa shape index (κ1) is 17.2. The van der Waals surface area contributed by atoms with Crippen molar-refractivity contribution in [3.63, 3.8) is 0 Å². The molecule has 0 bridgehead atoms. The molecule has 1 aromatic heterocycles. The highest BCUT2D eigenvalue weighted by Crippen LogP contribution is 2.32. The Morgan fingerprint density at radius 3 is 2.54 bits per heavy atom. The summed E-state index contributed by atoms with van der Waals surface area (Å²) >= 11 is 10.7. The summed E-state index contributed by atoms with van der Waals surface area (Å²) in [4.78, 5) is 26.9. The largest absolute Gasteiger partial charge is 0.362 e. The molecule has 126 valence electrons. The number of carbonyl (C=O) groups excluding carboxylic acids is 1. The summed E-state index contributed by atoms with van der Waals surface area (Å²) in [5.74, 6) is -0.0118. The molecule has 2 aromatic rings. The molecule has 0 aliphatic carbocycles. The molecular weight excluding hydrogens is 418 g/mol. The normalized spacial score (nSPS) is 14.8. The van der Waals surface area contributed by atoms with Crippen LogP contribution in [0.5, 0.6) is 0 Å². The zero-order valence-corrected chi connectivity index (χ0v) is 15.6. The van der Waals surface area contributed by atoms with Crippen molar-refractivity contribution >= 4 is 56.1 Å². The van der Waals surface area contributed by atoms with Crippen LogP contribution in [0.15, 0.2) is 33.4 Å². The summed E-state index contributed by atoms with van der Waals surface area (Å²) in [7, 11) is 0. The van der Waals surface area contributed by atoms with Crippen LogP contribution in [0.3, 0.4) is 0 Å². The highest BCUT2D eigenvalue weighted by atomic mass is 79.9. The first-order valence-electron chi connectivity index (χ1n) is 7.18. The highest BCUT2D eigenvalue weighted by Gasteiger charge is 2.26. The third-order valence-electron chi connectivity index (χ3n) is 3.86. The Morgan fingerprint density at radius 2 is 1.96 bits per heavy atom. The van der Waals surface area contributed by atoms with Gasteiger partial charge in [-0.1, -0.05) is 11.6 Å². The number of rotatable bonds is 3. The summed E-state index contributed by atoms with van der Waals surface area (Å²) in [5.41, 5.74) is 1.19. The Balaban J connectivity index is 1.71. The van der Waals surface area contributed by atoms with Gasteiger partial charge >= 0.3 is 0 Å². The van der Waals surface area contributed by atoms with Crippen molar-refractivity contribution in [2.75, 3.05) is 31.1 Å². The zero-order chi connectivity index (χ0) is 17.3. The van der Waals surface area contributed by atoms with Crippen LogP contribution < -0.4 is 4.90 Å². The minimum atomic E-state index is -0.429. The van der Waals surface area contributed by atoms with Gasteiger partial charge in [0.25, 0.3) is 11.6 Å². The second kappa shape index (κ2) is 7.08. The van der Waals surface area contributed by atoms with E-state index in [1.165, 1.54) is 17.4 Å². The lowest BCUT2D eigenvalue weighted by Crippen LogP contribution is -2.48. The number of thiophene rings is 1. The van der Waals surface area contributed by atoms with Crippen molar-refractivity contribution in [1.29, 1.82) is 0 Å². The van der Waals surface area contributed by atoms with Crippen LogP contribution in [-0.4, -0.2) is 41.9 Å². The molecule has 1 aliphatic rings. The molecule has 6 nitrogen and oxygen atoms in total. The van der Waals surface area contributed by atoms with E-state index in [-0.39, 0.29) is 11.6 Å². The number of piperazine rings is 1. The Hall–Kier alpha value is -1.64. The van der Waals surface area contributed by atoms with Gasteiger partial charge in [0.15, 0.2) is 0 Å². The van der Waals surface area contributed by atoms with Gasteiger partial charge in [-0.15, -0.1) is 11.3 Å². The molecule has 0 N–H and O–H groups in total. The Bertz CT molecular complexity index is 790. The first-order chi connectivity index (χ1) is 11.5. The average Bonchev–Trinajstić information content (AvgIpc) is 3.01. The first-order valence-corrected chi connectivity index (χ1v) is 9.23. The lowest BCUT2D eigenvalue weighted by molar-refractivity contribution is -0.384. The minimum absolute atomic E-state index is 0.0101. The fourth-order valence-corrected chi connectivity index (χ4v) is 3.96. The third-order valence-corrected chi connectivity index (χ3v) is 5.60. The number of carbonyl (C=O) groups is 1. The smallest absolute Gasteiger partial charge is 0.294 e. The molecule has 3 rings (SSSR count). The number of anilines is 1. The molecule has 24 heavy (non-hydrogen) atoms. The van der Waals surface area contributed by atoms with Crippen molar-refractivity contribution < 1.29 is 9.72 Å². The molecular formula is C15H13BrClN3O3S. The van der Waals surface area contributed by atoms with Gasteiger partial charge in [0.2, 0.25) is 0 Å². The van der Waals surface area contributed by atoms with E-state index in [4.69, 9.17) is 11.6 Å². The number of hydrogen-bond donors (Lipinski definition) is 0. The van der Waals surface area contributed by atoms with Gasteiger partial charge in [-0.2, -0.15) is 0 Å². The maximum absolute atomic E-state index is 12.4. The number of halogens is 2. The molecule has 2 heterocycles. The van der Waals surface area contributed by atoms with Gasteiger partial charge in [0.1, 0.15) is 5.69 Å². The van der Waals surface area contributed by atoms with E-state index >= 15 is 0 Å². The Kier molecular flexibility index (Phi) is 5.07. The van der Waals surface area contributed by atoms with Gasteiger partial charge in [-0.3, -0.25) is 14.9 Å². The molecule has 9 heteroatoms. The quantitative estimate of drug-likeness (QED) is 0.544. The van der Waals surface area contributed by atoms with Crippen LogP contribution in [0.25, 0.3) is 0 Å². The standard InChI is InChI=1S/C15H13BrClN3O3S/c16-14-7-10(9-24-14)15(21)19-5-3-18(4-6-19)12-2-1-11(17)8-13(12)20(22)23/h1-2,7-9H,3-6H2. The maximum atomic E-state index is 12.4. The van der Waals surface area contributed by atoms with Gasteiger partial charge in [0.05, 0.1) is 14.3 Å². The van der Waals surface area contributed by atoms with Crippen molar-refractivity contribution in [2.45, 2.75) is 0 Å². The van der Waals surface area contributed by atoms with Crippen LogP contribution in [0.1, 0.15) is 10.4 Å². The van der Waals surface area contributed by atoms with E-state index in [9.17, 15) is 14.9 Å². The van der Waals surface area contributed by atoms with Crippen molar-refractivity contribution in [3.8, 4) is 0 Å². The number of amides is 1. The number of nitro groups is 1. The molecule has 0 unspecified atom stereocenters. The average molecular weight is 431 g/mol. The Labute approximate surface area is 155 Å². The van der Waals surface area contributed by atoms with E-state index in [1.54, 1.807) is 17.0 Å². The number of benzene rings is 1. The minimum Gasteiger partial charge on any atom is -0.362 e. The fourth-order valence-electron chi connectivity index (χ4n) is 2.67. The summed E-state index contributed by atoms with van der Waals surface area (Å²) in [6, 6.07) is 6.47. The van der Waals surface area contributed by atoms with E-state index in [0.717, 1.165) is 3.79 Å². The predicted molar refractivity (Wildman–Crippen MR) is 98.2 cm³/mol. The van der Waals surface area contributed by atoms with E-state index in [1.807, 2.05) is 16.3 Å². The molecule has 1 aromatic carbocycles. The lowest BCUT2D eigenvalue weighted by Gasteiger charge is -2.35. The lowest BCUT2D eigenvalue weighted by atomic mass is 10.2. The molecule has 1 saturated heterocycles. The molecule has 0 spiro atoms. The van der Waals surface area contributed by atoms with Gasteiger partial charge in [-0.05, 0) is 34.1 Å². The van der Waals surface area contributed by atoms with Crippen molar-refractivity contribution in [1.82, 2.24) is 4.90 Å². The number of hydrogen-bond acceptors (Lipinski definition) is 5. The van der Waals surface area contributed by atoms with Crippen molar-refractivity contribution in [3.05, 3.63) is 54.1 Å². The van der Waals surface area contributed by atoms with Crippen LogP contribution in [0, 0.1) is 10.1 Å². The molecule has 0 saturated carbocycles. The third kappa shape index (κ3) is 3.55. The molecule has 1 aliphatic heterocycles. The second-order valence-corrected chi connectivity index (χ2v) is 8.04. The van der Waals surface area contributed by atoms with E-state index < -0.39 is 4.92 Å². The zero-order valence-electron chi connectivity index (χ0n) is 12.4. The second-order valence-electron chi connectivity index (χ2n) is 5.31. The van der Waals surface area contributed by atoms with Crippen molar-refractivity contribution in [2.24, 2.45) is 0 Å². The van der Waals surface area contributed by atoms with Gasteiger partial charge < -0.3 is 9.80 Å². The fraction of sp³-hybridized carbons (Fsp3) is 0.267. The Morgan fingerprint density at radius 1 is 1.25 bits per heavy atom. The van der Waals surface area contributed by atoms with Gasteiger partial charge in [-0.25, -0.2) is 0 Å². The molecule has 1 amide bonds. The van der Waals surface area contributed by atoms with E-state index in [0.29, 0.717) is 42.5 Å². The van der Waals surface area contributed by atoms with Crippen LogP contribution in [0.2, 0.25) is 5.02 Å².